The Labute approximate surface area is 97.2 Å². The van der Waals surface area contributed by atoms with Crippen LogP contribution in [0.2, 0.25) is 0 Å². The van der Waals surface area contributed by atoms with E-state index in [1.165, 1.54) is 0 Å². The Bertz CT molecular complexity index is 382. The summed E-state index contributed by atoms with van der Waals surface area (Å²) in [6.07, 6.45) is 1.57. The van der Waals surface area contributed by atoms with E-state index in [0.29, 0.717) is 13.2 Å². The van der Waals surface area contributed by atoms with Gasteiger partial charge in [0.1, 0.15) is 0 Å². The Kier molecular flexibility index (Phi) is 2.88. The Morgan fingerprint density at radius 3 is 2.44 bits per heavy atom. The van der Waals surface area contributed by atoms with Gasteiger partial charge in [-0.05, 0) is 13.8 Å². The first-order valence-corrected chi connectivity index (χ1v) is 7.15. The van der Waals surface area contributed by atoms with E-state index in [9.17, 15) is 8.42 Å². The van der Waals surface area contributed by atoms with Gasteiger partial charge >= 0.3 is 0 Å². The molecule has 0 radical (unpaired) electrons. The Balaban J connectivity index is 2.24. The molecule has 0 amide bonds. The van der Waals surface area contributed by atoms with Crippen LogP contribution in [-0.4, -0.2) is 55.7 Å². The molecule has 5 heteroatoms. The molecule has 0 bridgehead atoms. The number of morpholine rings is 1. The number of hydrogen-bond donors (Lipinski definition) is 0. The van der Waals surface area contributed by atoms with E-state index in [1.807, 2.05) is 13.8 Å². The van der Waals surface area contributed by atoms with Crippen LogP contribution in [0.25, 0.3) is 0 Å². The average Bonchev–Trinajstić information content (AvgIpc) is 2.25. The monoisotopic (exact) mass is 245 g/mol. The van der Waals surface area contributed by atoms with Crippen LogP contribution in [0.15, 0.2) is 12.7 Å². The SMILES string of the molecule is C=C[C@H]1[C@@H](N2CCOCC2)C(C)(C)S1(=O)=O. The molecule has 0 spiro atoms. The third-order valence-electron chi connectivity index (χ3n) is 3.79. The summed E-state index contributed by atoms with van der Waals surface area (Å²) in [4.78, 5) is 2.22. The maximum atomic E-state index is 12.0. The van der Waals surface area contributed by atoms with Crippen molar-refractivity contribution in [3.05, 3.63) is 12.7 Å². The van der Waals surface area contributed by atoms with Crippen LogP contribution >= 0.6 is 0 Å². The second kappa shape index (κ2) is 3.82. The molecule has 2 aliphatic heterocycles. The molecule has 0 aromatic heterocycles. The number of ether oxygens (including phenoxy) is 1. The Hall–Kier alpha value is -0.390. The van der Waals surface area contributed by atoms with Gasteiger partial charge in [-0.1, -0.05) is 6.08 Å². The quantitative estimate of drug-likeness (QED) is 0.663. The zero-order chi connectivity index (χ0) is 12.0. The van der Waals surface area contributed by atoms with Crippen molar-refractivity contribution in [3.63, 3.8) is 0 Å². The van der Waals surface area contributed by atoms with Crippen LogP contribution in [0.5, 0.6) is 0 Å². The van der Waals surface area contributed by atoms with Gasteiger partial charge in [0.2, 0.25) is 0 Å². The maximum Gasteiger partial charge on any atom is 0.165 e. The highest BCUT2D eigenvalue weighted by Gasteiger charge is 2.62. The van der Waals surface area contributed by atoms with Gasteiger partial charge in [-0.3, -0.25) is 4.90 Å². The van der Waals surface area contributed by atoms with Gasteiger partial charge in [0.15, 0.2) is 9.84 Å². The van der Waals surface area contributed by atoms with Crippen LogP contribution in [-0.2, 0) is 14.6 Å². The third-order valence-corrected chi connectivity index (χ3v) is 6.66. The van der Waals surface area contributed by atoms with Gasteiger partial charge in [0.05, 0.1) is 23.2 Å². The fourth-order valence-corrected chi connectivity index (χ4v) is 4.98. The van der Waals surface area contributed by atoms with Crippen LogP contribution in [0.3, 0.4) is 0 Å². The third kappa shape index (κ3) is 1.45. The molecule has 0 N–H and O–H groups in total. The fraction of sp³-hybridized carbons (Fsp3) is 0.818. The van der Waals surface area contributed by atoms with E-state index < -0.39 is 19.8 Å². The molecular formula is C11H19NO3S. The zero-order valence-electron chi connectivity index (χ0n) is 9.85. The second-order valence-electron chi connectivity index (χ2n) is 4.94. The molecular weight excluding hydrogens is 226 g/mol. The molecule has 0 aromatic rings. The molecule has 2 fully saturated rings. The topological polar surface area (TPSA) is 46.6 Å². The first-order chi connectivity index (χ1) is 7.43. The normalized spacial score (nSPS) is 37.6. The molecule has 92 valence electrons. The highest BCUT2D eigenvalue weighted by atomic mass is 32.2. The number of nitrogens with zero attached hydrogens (tertiary/aromatic N) is 1. The fourth-order valence-electron chi connectivity index (χ4n) is 2.77. The lowest BCUT2D eigenvalue weighted by molar-refractivity contribution is 0.00477. The molecule has 16 heavy (non-hydrogen) atoms. The molecule has 2 saturated heterocycles. The van der Waals surface area contributed by atoms with Crippen molar-refractivity contribution in [3.8, 4) is 0 Å². The first kappa shape index (κ1) is 12.1. The van der Waals surface area contributed by atoms with Crippen LogP contribution in [0.4, 0.5) is 0 Å². The van der Waals surface area contributed by atoms with Crippen molar-refractivity contribution in [1.29, 1.82) is 0 Å². The summed E-state index contributed by atoms with van der Waals surface area (Å²) >= 11 is 0. The summed E-state index contributed by atoms with van der Waals surface area (Å²) in [5.41, 5.74) is 0. The molecule has 2 atom stereocenters. The predicted molar refractivity (Wildman–Crippen MR) is 63.2 cm³/mol. The van der Waals surface area contributed by atoms with E-state index in [-0.39, 0.29) is 6.04 Å². The standard InChI is InChI=1S/C11H19NO3S/c1-4-9-10(11(2,3)16(9,13)14)12-5-7-15-8-6-12/h4,9-10H,1,5-8H2,2-3H3/t9-,10+/m0/s1. The molecule has 4 nitrogen and oxygen atoms in total. The van der Waals surface area contributed by atoms with Crippen molar-refractivity contribution in [1.82, 2.24) is 4.90 Å². The molecule has 0 aromatic carbocycles. The van der Waals surface area contributed by atoms with Crippen molar-refractivity contribution < 1.29 is 13.2 Å². The van der Waals surface area contributed by atoms with E-state index in [4.69, 9.17) is 4.74 Å². The zero-order valence-corrected chi connectivity index (χ0v) is 10.7. The van der Waals surface area contributed by atoms with Crippen molar-refractivity contribution in [2.75, 3.05) is 26.3 Å². The molecule has 2 rings (SSSR count). The molecule has 0 saturated carbocycles. The molecule has 2 heterocycles. The summed E-state index contributed by atoms with van der Waals surface area (Å²) in [5, 5.41) is -0.416. The van der Waals surface area contributed by atoms with E-state index in [1.54, 1.807) is 6.08 Å². The lowest BCUT2D eigenvalue weighted by atomic mass is 9.95. The molecule has 0 aliphatic carbocycles. The van der Waals surface area contributed by atoms with Gasteiger partial charge in [-0.2, -0.15) is 0 Å². The smallest absolute Gasteiger partial charge is 0.165 e. The summed E-state index contributed by atoms with van der Waals surface area (Å²) in [6.45, 7) is 10.3. The minimum Gasteiger partial charge on any atom is -0.379 e. The largest absolute Gasteiger partial charge is 0.379 e. The van der Waals surface area contributed by atoms with Crippen molar-refractivity contribution in [2.45, 2.75) is 29.9 Å². The van der Waals surface area contributed by atoms with Gasteiger partial charge in [-0.25, -0.2) is 8.42 Å². The number of rotatable bonds is 2. The van der Waals surface area contributed by atoms with Crippen LogP contribution < -0.4 is 0 Å². The lowest BCUT2D eigenvalue weighted by Gasteiger charge is -2.54. The van der Waals surface area contributed by atoms with Gasteiger partial charge in [-0.15, -0.1) is 6.58 Å². The van der Waals surface area contributed by atoms with Crippen LogP contribution in [0, 0.1) is 0 Å². The van der Waals surface area contributed by atoms with Crippen molar-refractivity contribution >= 4 is 9.84 Å². The minimum absolute atomic E-state index is 0.0545. The lowest BCUT2D eigenvalue weighted by Crippen LogP contribution is -2.73. The highest BCUT2D eigenvalue weighted by Crippen LogP contribution is 2.43. The summed E-state index contributed by atoms with van der Waals surface area (Å²) < 4.78 is 28.7. The summed E-state index contributed by atoms with van der Waals surface area (Å²) in [5.74, 6) is 0. The second-order valence-corrected chi connectivity index (χ2v) is 7.63. The number of sulfone groups is 1. The van der Waals surface area contributed by atoms with Gasteiger partial charge < -0.3 is 4.74 Å². The Morgan fingerprint density at radius 2 is 1.94 bits per heavy atom. The molecule has 0 unspecified atom stereocenters. The average molecular weight is 245 g/mol. The van der Waals surface area contributed by atoms with E-state index in [2.05, 4.69) is 11.5 Å². The van der Waals surface area contributed by atoms with Gasteiger partial charge in [0, 0.05) is 19.1 Å². The first-order valence-electron chi connectivity index (χ1n) is 5.60. The Morgan fingerprint density at radius 1 is 1.38 bits per heavy atom. The minimum atomic E-state index is -3.05. The van der Waals surface area contributed by atoms with E-state index in [0.717, 1.165) is 13.1 Å². The highest BCUT2D eigenvalue weighted by molar-refractivity contribution is 7.95. The van der Waals surface area contributed by atoms with Crippen LogP contribution in [0.1, 0.15) is 13.8 Å². The van der Waals surface area contributed by atoms with E-state index >= 15 is 0 Å². The van der Waals surface area contributed by atoms with Gasteiger partial charge in [0.25, 0.3) is 0 Å². The summed E-state index contributed by atoms with van der Waals surface area (Å²) in [7, 11) is -3.05. The van der Waals surface area contributed by atoms with Crippen molar-refractivity contribution in [2.24, 2.45) is 0 Å². The maximum absolute atomic E-state index is 12.0. The summed E-state index contributed by atoms with van der Waals surface area (Å²) in [6, 6.07) is 0.0545. The number of hydrogen-bond acceptors (Lipinski definition) is 4. The molecule has 2 aliphatic rings. The predicted octanol–water partition coefficient (Wildman–Crippen LogP) is 0.449.